The number of nitrogens with zero attached hydrogens (tertiary/aromatic N) is 4. The molecule has 0 aromatic heterocycles. The van der Waals surface area contributed by atoms with Crippen LogP contribution in [0.3, 0.4) is 0 Å². The van der Waals surface area contributed by atoms with Crippen molar-refractivity contribution in [2.24, 2.45) is 10.9 Å². The lowest BCUT2D eigenvalue weighted by Gasteiger charge is -2.37. The fraction of sp³-hybridized carbons (Fsp3) is 0.444. The summed E-state index contributed by atoms with van der Waals surface area (Å²) in [5, 5.41) is 0. The Morgan fingerprint density at radius 3 is 2.43 bits per heavy atom. The van der Waals surface area contributed by atoms with Crippen LogP contribution in [0.25, 0.3) is 0 Å². The minimum absolute atomic E-state index is 0.131. The number of fused-ring (bicyclic) bond motifs is 1. The molecule has 1 aliphatic carbocycles. The molecule has 2 aromatic rings. The molecule has 0 bridgehead atoms. The van der Waals surface area contributed by atoms with Gasteiger partial charge in [0.1, 0.15) is 18.3 Å². The van der Waals surface area contributed by atoms with Gasteiger partial charge in [0, 0.05) is 67.2 Å². The van der Waals surface area contributed by atoms with Crippen LogP contribution >= 0.6 is 0 Å². The zero-order valence-electron chi connectivity index (χ0n) is 19.8. The van der Waals surface area contributed by atoms with Gasteiger partial charge in [-0.15, -0.1) is 0 Å². The highest BCUT2D eigenvalue weighted by molar-refractivity contribution is 5.95. The number of amides is 2. The monoisotopic (exact) mass is 480 g/mol. The van der Waals surface area contributed by atoms with Crippen LogP contribution in [-0.2, 0) is 11.3 Å². The first-order chi connectivity index (χ1) is 17.0. The van der Waals surface area contributed by atoms with Crippen LogP contribution in [0, 0.1) is 17.6 Å². The fourth-order valence-corrected chi connectivity index (χ4v) is 5.32. The number of hydrogen-bond acceptors (Lipinski definition) is 4. The highest BCUT2D eigenvalue weighted by Gasteiger charge is 2.30. The molecule has 0 atom stereocenters. The zero-order chi connectivity index (χ0) is 24.4. The Balaban J connectivity index is 1.24. The van der Waals surface area contributed by atoms with Gasteiger partial charge in [-0.2, -0.15) is 0 Å². The lowest BCUT2D eigenvalue weighted by molar-refractivity contribution is -0.138. The average Bonchev–Trinajstić information content (AvgIpc) is 2.89. The molecule has 8 heteroatoms. The fourth-order valence-electron chi connectivity index (χ4n) is 5.32. The normalized spacial score (nSPS) is 18.5. The Morgan fingerprint density at radius 1 is 0.914 bits per heavy atom. The number of benzene rings is 2. The third-order valence-electron chi connectivity index (χ3n) is 7.30. The maximum Gasteiger partial charge on any atom is 0.253 e. The van der Waals surface area contributed by atoms with Gasteiger partial charge in [0.25, 0.3) is 5.91 Å². The van der Waals surface area contributed by atoms with E-state index in [1.54, 1.807) is 23.2 Å². The van der Waals surface area contributed by atoms with Crippen LogP contribution in [0.4, 0.5) is 14.5 Å². The summed E-state index contributed by atoms with van der Waals surface area (Å²) in [6, 6.07) is 8.87. The van der Waals surface area contributed by atoms with Crippen molar-refractivity contribution in [2.75, 3.05) is 37.7 Å². The van der Waals surface area contributed by atoms with Crippen LogP contribution in [0.5, 0.6) is 0 Å². The van der Waals surface area contributed by atoms with Crippen LogP contribution in [0.2, 0.25) is 0 Å². The van der Waals surface area contributed by atoms with Gasteiger partial charge in [0.15, 0.2) is 0 Å². The smallest absolute Gasteiger partial charge is 0.253 e. The molecule has 1 saturated carbocycles. The highest BCUT2D eigenvalue weighted by atomic mass is 19.1. The van der Waals surface area contributed by atoms with Gasteiger partial charge in [0.2, 0.25) is 5.91 Å². The molecule has 2 amide bonds. The first-order valence-corrected chi connectivity index (χ1v) is 12.4. The average molecular weight is 481 g/mol. The van der Waals surface area contributed by atoms with Crippen molar-refractivity contribution < 1.29 is 18.4 Å². The summed E-state index contributed by atoms with van der Waals surface area (Å²) in [7, 11) is 0. The third-order valence-corrected chi connectivity index (χ3v) is 7.30. The van der Waals surface area contributed by atoms with E-state index in [9.17, 15) is 18.4 Å². The lowest BCUT2D eigenvalue weighted by atomic mass is 9.88. The number of aliphatic imine (C=N–C) groups is 1. The molecule has 1 saturated heterocycles. The number of carbonyl (C=O) groups is 2. The molecule has 2 aromatic carbocycles. The van der Waals surface area contributed by atoms with E-state index in [0.717, 1.165) is 31.4 Å². The van der Waals surface area contributed by atoms with Gasteiger partial charge in [-0.3, -0.25) is 14.6 Å². The molecule has 2 heterocycles. The highest BCUT2D eigenvalue weighted by Crippen LogP contribution is 2.27. The second-order valence-electron chi connectivity index (χ2n) is 9.61. The molecule has 0 radical (unpaired) electrons. The molecule has 0 spiro atoms. The Morgan fingerprint density at radius 2 is 1.66 bits per heavy atom. The molecule has 3 aliphatic rings. The largest absolute Gasteiger partial charge is 0.347 e. The molecule has 184 valence electrons. The summed E-state index contributed by atoms with van der Waals surface area (Å²) in [6.07, 6.45) is 7.00. The van der Waals surface area contributed by atoms with Gasteiger partial charge in [-0.05, 0) is 49.2 Å². The summed E-state index contributed by atoms with van der Waals surface area (Å²) in [5.41, 5.74) is 2.23. The van der Waals surface area contributed by atoms with E-state index in [1.807, 2.05) is 9.80 Å². The SMILES string of the molecule is O=C(c1ccc(F)c(CN2CN=Cc3cc(F)ccc32)c1)N1CCN(C(=O)C2CCCCC2)CC1. The standard InChI is InChI=1S/C27H30F2N4O2/c28-23-7-9-25-21(15-23)16-30-18-33(25)17-22-14-20(6-8-24(22)29)27(35)32-12-10-31(11-13-32)26(34)19-4-2-1-3-5-19/h6-9,14-16,19H,1-5,10-13,17-18H2. The summed E-state index contributed by atoms with van der Waals surface area (Å²) in [4.78, 5) is 35.8. The van der Waals surface area contributed by atoms with E-state index in [-0.39, 0.29) is 30.1 Å². The Bertz CT molecular complexity index is 1140. The van der Waals surface area contributed by atoms with Crippen molar-refractivity contribution in [3.05, 3.63) is 64.7 Å². The predicted molar refractivity (Wildman–Crippen MR) is 131 cm³/mol. The second-order valence-corrected chi connectivity index (χ2v) is 9.61. The van der Waals surface area contributed by atoms with Gasteiger partial charge in [0.05, 0.1) is 0 Å². The van der Waals surface area contributed by atoms with Crippen LogP contribution < -0.4 is 4.90 Å². The minimum Gasteiger partial charge on any atom is -0.347 e. The van der Waals surface area contributed by atoms with Gasteiger partial charge in [-0.1, -0.05) is 19.3 Å². The van der Waals surface area contributed by atoms with Crippen LogP contribution in [-0.4, -0.2) is 60.7 Å². The summed E-state index contributed by atoms with van der Waals surface area (Å²) in [6.45, 7) is 2.57. The van der Waals surface area contributed by atoms with Crippen molar-refractivity contribution in [2.45, 2.75) is 38.6 Å². The Kier molecular flexibility index (Phi) is 6.79. The van der Waals surface area contributed by atoms with Crippen LogP contribution in [0.15, 0.2) is 41.4 Å². The zero-order valence-corrected chi connectivity index (χ0v) is 19.8. The van der Waals surface area contributed by atoms with E-state index < -0.39 is 5.82 Å². The van der Waals surface area contributed by atoms with E-state index >= 15 is 0 Å². The van der Waals surface area contributed by atoms with E-state index in [2.05, 4.69) is 4.99 Å². The van der Waals surface area contributed by atoms with E-state index in [0.29, 0.717) is 49.5 Å². The molecule has 2 fully saturated rings. The number of carbonyl (C=O) groups excluding carboxylic acids is 2. The van der Waals surface area contributed by atoms with E-state index in [4.69, 9.17) is 0 Å². The minimum atomic E-state index is -0.400. The van der Waals surface area contributed by atoms with E-state index in [1.165, 1.54) is 30.7 Å². The topological polar surface area (TPSA) is 56.2 Å². The van der Waals surface area contributed by atoms with Crippen molar-refractivity contribution in [3.8, 4) is 0 Å². The number of hydrogen-bond donors (Lipinski definition) is 0. The maximum absolute atomic E-state index is 14.7. The maximum atomic E-state index is 14.7. The molecule has 0 unspecified atom stereocenters. The molecule has 6 nitrogen and oxygen atoms in total. The molecular weight excluding hydrogens is 450 g/mol. The number of rotatable bonds is 4. The summed E-state index contributed by atoms with van der Waals surface area (Å²) in [5.74, 6) is -0.550. The number of piperazine rings is 1. The van der Waals surface area contributed by atoms with Crippen molar-refractivity contribution in [1.82, 2.24) is 9.80 Å². The first-order valence-electron chi connectivity index (χ1n) is 12.4. The first kappa shape index (κ1) is 23.5. The summed E-state index contributed by atoms with van der Waals surface area (Å²) >= 11 is 0. The van der Waals surface area contributed by atoms with Crippen molar-refractivity contribution >= 4 is 23.7 Å². The summed E-state index contributed by atoms with van der Waals surface area (Å²) < 4.78 is 28.3. The number of halogens is 2. The molecule has 35 heavy (non-hydrogen) atoms. The third kappa shape index (κ3) is 5.06. The molecular formula is C27H30F2N4O2. The molecule has 2 aliphatic heterocycles. The van der Waals surface area contributed by atoms with Crippen molar-refractivity contribution in [3.63, 3.8) is 0 Å². The Hall–Kier alpha value is -3.29. The van der Waals surface area contributed by atoms with Gasteiger partial charge >= 0.3 is 0 Å². The van der Waals surface area contributed by atoms with Gasteiger partial charge in [-0.25, -0.2) is 8.78 Å². The quantitative estimate of drug-likeness (QED) is 0.658. The Labute approximate surface area is 204 Å². The van der Waals surface area contributed by atoms with Gasteiger partial charge < -0.3 is 14.7 Å². The van der Waals surface area contributed by atoms with Crippen molar-refractivity contribution in [1.29, 1.82) is 0 Å². The number of anilines is 1. The molecule has 0 N–H and O–H groups in total. The lowest BCUT2D eigenvalue weighted by Crippen LogP contribution is -2.52. The predicted octanol–water partition coefficient (Wildman–Crippen LogP) is 4.23. The molecule has 5 rings (SSSR count). The van der Waals surface area contributed by atoms with Crippen LogP contribution in [0.1, 0.15) is 53.6 Å². The second kappa shape index (κ2) is 10.1.